The van der Waals surface area contributed by atoms with Crippen LogP contribution >= 0.6 is 0 Å². The molecule has 1 aromatic rings. The predicted octanol–water partition coefficient (Wildman–Crippen LogP) is 0.885. The molecule has 7 nitrogen and oxygen atoms in total. The van der Waals surface area contributed by atoms with Crippen molar-refractivity contribution in [2.75, 3.05) is 32.8 Å². The summed E-state index contributed by atoms with van der Waals surface area (Å²) in [5, 5.41) is 11.9. The van der Waals surface area contributed by atoms with Gasteiger partial charge in [0.05, 0.1) is 18.2 Å². The second-order valence-corrected chi connectivity index (χ2v) is 7.64. The van der Waals surface area contributed by atoms with Crippen molar-refractivity contribution < 1.29 is 28.6 Å². The van der Waals surface area contributed by atoms with Crippen molar-refractivity contribution in [3.8, 4) is 5.75 Å². The van der Waals surface area contributed by atoms with Gasteiger partial charge in [-0.05, 0) is 37.1 Å². The Morgan fingerprint density at radius 3 is 2.89 bits per heavy atom. The molecule has 27 heavy (non-hydrogen) atoms. The van der Waals surface area contributed by atoms with Crippen LogP contribution in [0, 0.1) is 17.7 Å². The number of carbonyl (C=O) groups excluding carboxylic acids is 1. The highest BCUT2D eigenvalue weighted by molar-refractivity contribution is 5.77. The average molecular weight is 378 g/mol. The number of rotatable bonds is 7. The molecule has 1 spiro atoms. The van der Waals surface area contributed by atoms with Crippen molar-refractivity contribution in [3.05, 3.63) is 30.1 Å². The van der Waals surface area contributed by atoms with E-state index in [1.807, 2.05) is 4.90 Å². The van der Waals surface area contributed by atoms with Crippen LogP contribution in [0.1, 0.15) is 12.8 Å². The third kappa shape index (κ3) is 3.64. The van der Waals surface area contributed by atoms with Gasteiger partial charge in [-0.25, -0.2) is 4.39 Å². The van der Waals surface area contributed by atoms with E-state index in [9.17, 15) is 14.0 Å². The number of benzene rings is 1. The fraction of sp³-hybridized carbons (Fsp3) is 0.579. The van der Waals surface area contributed by atoms with Gasteiger partial charge in [0, 0.05) is 31.5 Å². The molecule has 4 atom stereocenters. The summed E-state index contributed by atoms with van der Waals surface area (Å²) < 4.78 is 24.5. The zero-order valence-electron chi connectivity index (χ0n) is 14.9. The van der Waals surface area contributed by atoms with Gasteiger partial charge in [-0.2, -0.15) is 0 Å². The highest BCUT2D eigenvalue weighted by atomic mass is 19.1. The SMILES string of the molecule is O=C(O)CN1C[C@@H]2[C@H](CNC(=O)COc3ccc(F)cc3)[C@H]3CC[C@]2(C1)O3. The van der Waals surface area contributed by atoms with Crippen molar-refractivity contribution in [1.82, 2.24) is 10.2 Å². The zero-order chi connectivity index (χ0) is 19.0. The van der Waals surface area contributed by atoms with Gasteiger partial charge < -0.3 is 19.9 Å². The molecule has 3 fully saturated rings. The molecule has 0 unspecified atom stereocenters. The summed E-state index contributed by atoms with van der Waals surface area (Å²) in [7, 11) is 0. The van der Waals surface area contributed by atoms with E-state index in [0.29, 0.717) is 25.4 Å². The van der Waals surface area contributed by atoms with E-state index in [0.717, 1.165) is 12.8 Å². The molecule has 3 saturated heterocycles. The number of fused-ring (bicyclic) bond motifs is 1. The summed E-state index contributed by atoms with van der Waals surface area (Å²) in [5.74, 6) is -0.555. The Labute approximate surface area is 156 Å². The fourth-order valence-electron chi connectivity index (χ4n) is 4.83. The predicted molar refractivity (Wildman–Crippen MR) is 92.8 cm³/mol. The lowest BCUT2D eigenvalue weighted by atomic mass is 9.73. The molecule has 4 rings (SSSR count). The minimum Gasteiger partial charge on any atom is -0.484 e. The van der Waals surface area contributed by atoms with Crippen LogP contribution in [0.4, 0.5) is 4.39 Å². The van der Waals surface area contributed by atoms with Crippen molar-refractivity contribution in [1.29, 1.82) is 0 Å². The topological polar surface area (TPSA) is 88.1 Å². The molecule has 0 saturated carbocycles. The maximum atomic E-state index is 12.9. The maximum Gasteiger partial charge on any atom is 0.317 e. The molecular formula is C19H23FN2O5. The molecule has 2 N–H and O–H groups in total. The number of aliphatic carboxylic acids is 1. The number of amides is 1. The van der Waals surface area contributed by atoms with E-state index in [1.54, 1.807) is 0 Å². The first-order chi connectivity index (χ1) is 12.9. The van der Waals surface area contributed by atoms with Gasteiger partial charge >= 0.3 is 5.97 Å². The lowest BCUT2D eigenvalue weighted by Gasteiger charge is -2.29. The van der Waals surface area contributed by atoms with Gasteiger partial charge in [0.1, 0.15) is 11.6 Å². The molecular weight excluding hydrogens is 355 g/mol. The van der Waals surface area contributed by atoms with Crippen LogP contribution in [0.2, 0.25) is 0 Å². The van der Waals surface area contributed by atoms with E-state index in [-0.39, 0.29) is 48.4 Å². The van der Waals surface area contributed by atoms with Gasteiger partial charge in [-0.15, -0.1) is 0 Å². The van der Waals surface area contributed by atoms with E-state index >= 15 is 0 Å². The normalized spacial score (nSPS) is 31.7. The largest absolute Gasteiger partial charge is 0.484 e. The molecule has 3 aliphatic heterocycles. The zero-order valence-corrected chi connectivity index (χ0v) is 14.9. The van der Waals surface area contributed by atoms with Crippen molar-refractivity contribution in [2.24, 2.45) is 11.8 Å². The monoisotopic (exact) mass is 378 g/mol. The van der Waals surface area contributed by atoms with Crippen LogP contribution in [0.3, 0.4) is 0 Å². The first kappa shape index (κ1) is 18.2. The number of likely N-dealkylation sites (tertiary alicyclic amines) is 1. The Morgan fingerprint density at radius 2 is 2.15 bits per heavy atom. The number of hydrogen-bond donors (Lipinski definition) is 2. The Bertz CT molecular complexity index is 727. The van der Waals surface area contributed by atoms with Crippen LogP contribution in [0.25, 0.3) is 0 Å². The number of carbonyl (C=O) groups is 2. The minimum atomic E-state index is -0.830. The van der Waals surface area contributed by atoms with E-state index in [2.05, 4.69) is 5.32 Å². The first-order valence-electron chi connectivity index (χ1n) is 9.22. The van der Waals surface area contributed by atoms with Crippen LogP contribution in [-0.4, -0.2) is 66.4 Å². The number of nitrogens with one attached hydrogen (secondary N) is 1. The van der Waals surface area contributed by atoms with Crippen LogP contribution < -0.4 is 10.1 Å². The summed E-state index contributed by atoms with van der Waals surface area (Å²) in [6.07, 6.45) is 2.03. The van der Waals surface area contributed by atoms with Crippen LogP contribution in [-0.2, 0) is 14.3 Å². The molecule has 3 heterocycles. The quantitative estimate of drug-likeness (QED) is 0.733. The lowest BCUT2D eigenvalue weighted by Crippen LogP contribution is -2.42. The number of hydrogen-bond acceptors (Lipinski definition) is 5. The third-order valence-corrected chi connectivity index (χ3v) is 5.93. The van der Waals surface area contributed by atoms with E-state index in [4.69, 9.17) is 14.6 Å². The van der Waals surface area contributed by atoms with Crippen molar-refractivity contribution in [3.63, 3.8) is 0 Å². The average Bonchev–Trinajstić information content (AvgIpc) is 3.26. The maximum absolute atomic E-state index is 12.9. The Kier molecular flexibility index (Phi) is 4.77. The second kappa shape index (κ2) is 7.09. The molecule has 2 bridgehead atoms. The smallest absolute Gasteiger partial charge is 0.317 e. The second-order valence-electron chi connectivity index (χ2n) is 7.64. The molecule has 3 aliphatic rings. The Morgan fingerprint density at radius 1 is 1.37 bits per heavy atom. The standard InChI is InChI=1S/C19H23FN2O5/c20-12-1-3-13(4-2-12)26-10-17(23)21-7-14-15-8-22(9-18(24)25)11-19(15)6-5-16(14)27-19/h1-4,14-16H,5-11H2,(H,21,23)(H,24,25)/t14-,15+,16+,19+/m0/s1. The molecule has 0 aliphatic carbocycles. The summed E-state index contributed by atoms with van der Waals surface area (Å²) in [5.41, 5.74) is -0.250. The third-order valence-electron chi connectivity index (χ3n) is 5.93. The fourth-order valence-corrected chi connectivity index (χ4v) is 4.83. The summed E-state index contributed by atoms with van der Waals surface area (Å²) in [6.45, 7) is 1.72. The van der Waals surface area contributed by atoms with Gasteiger partial charge in [-0.1, -0.05) is 0 Å². The molecule has 8 heteroatoms. The molecule has 0 radical (unpaired) electrons. The van der Waals surface area contributed by atoms with Crippen LogP contribution in [0.15, 0.2) is 24.3 Å². The molecule has 1 aromatic carbocycles. The number of ether oxygens (including phenoxy) is 2. The lowest BCUT2D eigenvalue weighted by molar-refractivity contribution is -0.138. The van der Waals surface area contributed by atoms with Gasteiger partial charge in [-0.3, -0.25) is 14.5 Å². The number of carboxylic acid groups (broad SMARTS) is 1. The summed E-state index contributed by atoms with van der Waals surface area (Å²) in [4.78, 5) is 25.0. The summed E-state index contributed by atoms with van der Waals surface area (Å²) in [6, 6.07) is 5.52. The first-order valence-corrected chi connectivity index (χ1v) is 9.22. The highest BCUT2D eigenvalue weighted by Gasteiger charge is 2.62. The summed E-state index contributed by atoms with van der Waals surface area (Å²) >= 11 is 0. The van der Waals surface area contributed by atoms with Gasteiger partial charge in [0.2, 0.25) is 0 Å². The van der Waals surface area contributed by atoms with E-state index < -0.39 is 5.97 Å². The van der Waals surface area contributed by atoms with Crippen molar-refractivity contribution >= 4 is 11.9 Å². The van der Waals surface area contributed by atoms with Gasteiger partial charge in [0.25, 0.3) is 5.91 Å². The number of halogens is 1. The van der Waals surface area contributed by atoms with Gasteiger partial charge in [0.15, 0.2) is 6.61 Å². The number of carboxylic acids is 1. The minimum absolute atomic E-state index is 0.0247. The highest BCUT2D eigenvalue weighted by Crippen LogP contribution is 2.54. The van der Waals surface area contributed by atoms with E-state index in [1.165, 1.54) is 24.3 Å². The Hall–Kier alpha value is -2.19. The molecule has 146 valence electrons. The number of nitrogens with zero attached hydrogens (tertiary/aromatic N) is 1. The molecule has 1 amide bonds. The molecule has 0 aromatic heterocycles. The van der Waals surface area contributed by atoms with Crippen molar-refractivity contribution in [2.45, 2.75) is 24.5 Å². The Balaban J connectivity index is 1.29. The van der Waals surface area contributed by atoms with Crippen LogP contribution in [0.5, 0.6) is 5.75 Å².